The van der Waals surface area contributed by atoms with Gasteiger partial charge in [-0.3, -0.25) is 9.69 Å². The van der Waals surface area contributed by atoms with Crippen molar-refractivity contribution in [3.8, 4) is 12.1 Å². The molecular weight excluding hydrogens is 650 g/mol. The van der Waals surface area contributed by atoms with Crippen molar-refractivity contribution in [2.45, 2.75) is 50.2 Å². The Hall–Kier alpha value is -4.05. The predicted octanol–water partition coefficient (Wildman–Crippen LogP) is 4.76. The van der Waals surface area contributed by atoms with Crippen molar-refractivity contribution in [3.05, 3.63) is 64.8 Å². The van der Waals surface area contributed by atoms with Crippen LogP contribution in [0.25, 0.3) is 10.8 Å². The Labute approximate surface area is 290 Å². The normalized spacial score (nSPS) is 22.5. The molecule has 7 rings (SSSR count). The van der Waals surface area contributed by atoms with Gasteiger partial charge >= 0.3 is 6.01 Å². The number of alkyl halides is 2. The van der Waals surface area contributed by atoms with Crippen molar-refractivity contribution in [3.63, 3.8) is 0 Å². The summed E-state index contributed by atoms with van der Waals surface area (Å²) < 4.78 is 33.1. The summed E-state index contributed by atoms with van der Waals surface area (Å²) in [6.45, 7) is 7.29. The van der Waals surface area contributed by atoms with Crippen LogP contribution >= 0.6 is 11.6 Å². The van der Waals surface area contributed by atoms with Crippen molar-refractivity contribution >= 4 is 39.8 Å². The lowest BCUT2D eigenvalue weighted by Crippen LogP contribution is -2.59. The highest BCUT2D eigenvalue weighted by molar-refractivity contribution is 6.36. The van der Waals surface area contributed by atoms with Gasteiger partial charge in [-0.15, -0.1) is 0 Å². The minimum Gasteiger partial charge on any atom is -0.462 e. The molecule has 10 nitrogen and oxygen atoms in total. The molecule has 3 aromatic rings. The zero-order valence-electron chi connectivity index (χ0n) is 27.8. The number of likely N-dealkylation sites (tertiary alicyclic amines) is 2. The van der Waals surface area contributed by atoms with Gasteiger partial charge in [-0.05, 0) is 50.4 Å². The molecule has 3 fully saturated rings. The fourth-order valence-electron chi connectivity index (χ4n) is 7.68. The average Bonchev–Trinajstić information content (AvgIpc) is 3.49. The number of carbonyl (C=O) groups is 1. The molecule has 0 spiro atoms. The first kappa shape index (κ1) is 33.4. The van der Waals surface area contributed by atoms with Gasteiger partial charge in [0.25, 0.3) is 11.8 Å². The third-order valence-electron chi connectivity index (χ3n) is 10.3. The second-order valence-corrected chi connectivity index (χ2v) is 14.1. The molecule has 3 saturated heterocycles. The minimum atomic E-state index is -2.72. The zero-order valence-corrected chi connectivity index (χ0v) is 28.5. The smallest absolute Gasteiger partial charge is 0.318 e. The quantitative estimate of drug-likeness (QED) is 0.295. The lowest BCUT2D eigenvalue weighted by molar-refractivity contribution is -0.136. The number of benzene rings is 2. The van der Waals surface area contributed by atoms with E-state index in [9.17, 15) is 18.8 Å². The minimum absolute atomic E-state index is 0.0859. The molecule has 13 heteroatoms. The molecule has 0 aliphatic carbocycles. The maximum absolute atomic E-state index is 13.5. The van der Waals surface area contributed by atoms with E-state index in [1.165, 1.54) is 4.90 Å². The summed E-state index contributed by atoms with van der Waals surface area (Å²) in [5.74, 6) is -2.25. The largest absolute Gasteiger partial charge is 0.462 e. The molecule has 4 aliphatic rings. The molecule has 5 heterocycles. The molecule has 258 valence electrons. The maximum Gasteiger partial charge on any atom is 0.318 e. The van der Waals surface area contributed by atoms with Crippen LogP contribution in [0.4, 0.5) is 20.3 Å². The van der Waals surface area contributed by atoms with E-state index in [1.54, 1.807) is 4.90 Å². The van der Waals surface area contributed by atoms with Crippen LogP contribution in [0.3, 0.4) is 0 Å². The van der Waals surface area contributed by atoms with Gasteiger partial charge in [-0.2, -0.15) is 15.2 Å². The number of hydrogen-bond acceptors (Lipinski definition) is 9. The Bertz CT molecular complexity index is 1790. The van der Waals surface area contributed by atoms with Crippen molar-refractivity contribution in [2.24, 2.45) is 0 Å². The van der Waals surface area contributed by atoms with Gasteiger partial charge in [-0.25, -0.2) is 8.78 Å². The number of halogens is 3. The number of aromatic nitrogens is 2. The van der Waals surface area contributed by atoms with Crippen LogP contribution in [0.5, 0.6) is 6.01 Å². The summed E-state index contributed by atoms with van der Waals surface area (Å²) in [7, 11) is 2.11. The highest BCUT2D eigenvalue weighted by Crippen LogP contribution is 2.37. The van der Waals surface area contributed by atoms with Crippen molar-refractivity contribution in [1.29, 1.82) is 5.26 Å². The number of anilines is 2. The standard InChI is InChI=1S/C36H41ClF2N8O2/c1-24(18-44-22-36(38,39)23-44)34(48)47-17-16-46(19-26(47)11-13-40)33-28-12-15-45(31-10-4-7-25-6-3-9-29(37)32(25)31)20-30(28)41-35(42-33)49-21-27-8-5-14-43(27)2/h3-4,6-7,9-10,26-27H,1,5,8,11-12,14-23H2,2H3/t26-,27-/m0/s1. The van der Waals surface area contributed by atoms with Gasteiger partial charge in [0.15, 0.2) is 0 Å². The number of nitrogens with zero attached hydrogens (tertiary/aromatic N) is 8. The first-order chi connectivity index (χ1) is 23.6. The average molecular weight is 691 g/mol. The zero-order chi connectivity index (χ0) is 34.3. The van der Waals surface area contributed by atoms with E-state index in [2.05, 4.69) is 52.6 Å². The molecule has 0 saturated carbocycles. The van der Waals surface area contributed by atoms with Crippen LogP contribution < -0.4 is 14.5 Å². The Morgan fingerprint density at radius 3 is 2.63 bits per heavy atom. The number of rotatable bonds is 9. The highest BCUT2D eigenvalue weighted by Gasteiger charge is 2.44. The first-order valence-corrected chi connectivity index (χ1v) is 17.3. The Kier molecular flexibility index (Phi) is 9.35. The Balaban J connectivity index is 1.15. The van der Waals surface area contributed by atoms with Crippen molar-refractivity contribution in [1.82, 2.24) is 24.7 Å². The van der Waals surface area contributed by atoms with Gasteiger partial charge in [0.2, 0.25) is 0 Å². The molecule has 49 heavy (non-hydrogen) atoms. The second-order valence-electron chi connectivity index (χ2n) is 13.7. The summed E-state index contributed by atoms with van der Waals surface area (Å²) in [6.07, 6.45) is 3.00. The molecule has 1 aromatic heterocycles. The number of hydrogen-bond donors (Lipinski definition) is 0. The third kappa shape index (κ3) is 6.89. The van der Waals surface area contributed by atoms with Crippen molar-refractivity contribution < 1.29 is 18.3 Å². The van der Waals surface area contributed by atoms with Crippen LogP contribution in [0.1, 0.15) is 30.5 Å². The summed E-state index contributed by atoms with van der Waals surface area (Å²) in [5.41, 5.74) is 3.22. The van der Waals surface area contributed by atoms with Crippen molar-refractivity contribution in [2.75, 3.05) is 75.8 Å². The molecule has 0 bridgehead atoms. The first-order valence-electron chi connectivity index (χ1n) is 17.0. The van der Waals surface area contributed by atoms with E-state index >= 15 is 0 Å². The molecule has 0 N–H and O–H groups in total. The predicted molar refractivity (Wildman–Crippen MR) is 185 cm³/mol. The molecule has 1 amide bonds. The van der Waals surface area contributed by atoms with Gasteiger partial charge in [0, 0.05) is 61.0 Å². The van der Waals surface area contributed by atoms with Gasteiger partial charge < -0.3 is 24.3 Å². The topological polar surface area (TPSA) is 92.1 Å². The number of carbonyl (C=O) groups excluding carboxylic acids is 1. The lowest BCUT2D eigenvalue weighted by Gasteiger charge is -2.43. The number of piperazine rings is 1. The monoisotopic (exact) mass is 690 g/mol. The lowest BCUT2D eigenvalue weighted by atomic mass is 10.0. The third-order valence-corrected chi connectivity index (χ3v) is 10.6. The van der Waals surface area contributed by atoms with Gasteiger partial charge in [0.05, 0.1) is 48.9 Å². The number of ether oxygens (including phenoxy) is 1. The summed E-state index contributed by atoms with van der Waals surface area (Å²) >= 11 is 6.72. The van der Waals surface area contributed by atoms with Crippen LogP contribution in [-0.4, -0.2) is 115 Å². The van der Waals surface area contributed by atoms with Crippen LogP contribution in [-0.2, 0) is 17.8 Å². The van der Waals surface area contributed by atoms with E-state index in [0.29, 0.717) is 56.3 Å². The number of likely N-dealkylation sites (N-methyl/N-ethyl adjacent to an activating group) is 1. The van der Waals surface area contributed by atoms with E-state index in [-0.39, 0.29) is 37.5 Å². The summed E-state index contributed by atoms with van der Waals surface area (Å²) in [4.78, 5) is 33.4. The van der Waals surface area contributed by atoms with E-state index in [0.717, 1.165) is 59.5 Å². The highest BCUT2D eigenvalue weighted by atomic mass is 35.5. The molecule has 0 unspecified atom stereocenters. The maximum atomic E-state index is 13.5. The SMILES string of the molecule is C=C(CN1CC(F)(F)C1)C(=O)N1CCN(c2nc(OC[C@@H]3CCCN3C)nc3c2CCN(c2cccc4cccc(Cl)c24)C3)C[C@@H]1CC#N. The molecule has 2 aromatic carbocycles. The van der Waals surface area contributed by atoms with Crippen LogP contribution in [0.15, 0.2) is 48.6 Å². The molecular formula is C36H41ClF2N8O2. The second kappa shape index (κ2) is 13.7. The van der Waals surface area contributed by atoms with Crippen LogP contribution in [0, 0.1) is 11.3 Å². The van der Waals surface area contributed by atoms with E-state index in [4.69, 9.17) is 26.3 Å². The number of nitriles is 1. The number of fused-ring (bicyclic) bond motifs is 2. The summed E-state index contributed by atoms with van der Waals surface area (Å²) in [5, 5.41) is 12.5. The fourth-order valence-corrected chi connectivity index (χ4v) is 7.95. The van der Waals surface area contributed by atoms with Gasteiger partial charge in [0.1, 0.15) is 12.4 Å². The fraction of sp³-hybridized carbons (Fsp3) is 0.500. The number of amides is 1. The van der Waals surface area contributed by atoms with E-state index < -0.39 is 12.0 Å². The molecule has 4 aliphatic heterocycles. The van der Waals surface area contributed by atoms with E-state index in [1.807, 2.05) is 18.2 Å². The Morgan fingerprint density at radius 2 is 1.90 bits per heavy atom. The molecule has 2 atom stereocenters. The van der Waals surface area contributed by atoms with Gasteiger partial charge in [-0.1, -0.05) is 42.4 Å². The summed E-state index contributed by atoms with van der Waals surface area (Å²) in [6, 6.07) is 14.6. The Morgan fingerprint density at radius 1 is 1.10 bits per heavy atom. The van der Waals surface area contributed by atoms with Crippen LogP contribution in [0.2, 0.25) is 5.02 Å². The molecule has 0 radical (unpaired) electrons.